The summed E-state index contributed by atoms with van der Waals surface area (Å²) < 4.78 is 55.2. The van der Waals surface area contributed by atoms with E-state index in [0.29, 0.717) is 22.5 Å². The summed E-state index contributed by atoms with van der Waals surface area (Å²) >= 11 is 0. The summed E-state index contributed by atoms with van der Waals surface area (Å²) in [7, 11) is 0. The monoisotopic (exact) mass is 444 g/mol. The summed E-state index contributed by atoms with van der Waals surface area (Å²) in [5, 5.41) is 3.21. The first kappa shape index (κ1) is 21.7. The summed E-state index contributed by atoms with van der Waals surface area (Å²) in [5.41, 5.74) is -0.780. The van der Waals surface area contributed by atoms with Gasteiger partial charge in [-0.15, -0.1) is 0 Å². The number of nitrogens with zero attached hydrogens (tertiary/aromatic N) is 3. The minimum Gasteiger partial charge on any atom is -0.364 e. The molecule has 2 aromatic heterocycles. The molecule has 0 saturated carbocycles. The highest BCUT2D eigenvalue weighted by Crippen LogP contribution is 2.41. The maximum atomic E-state index is 14.2. The molecule has 3 heterocycles. The summed E-state index contributed by atoms with van der Waals surface area (Å²) in [6.45, 7) is 3.82. The Hall–Kier alpha value is -3.49. The van der Waals surface area contributed by atoms with Crippen LogP contribution >= 0.6 is 0 Å². The van der Waals surface area contributed by atoms with E-state index < -0.39 is 35.2 Å². The number of aliphatic imine (C=N–C) groups is 1. The number of nitrogens with one attached hydrogen (secondary N) is 1. The van der Waals surface area contributed by atoms with Gasteiger partial charge in [0.1, 0.15) is 22.9 Å². The number of aryl methyl sites for hydroxylation is 1. The normalized spacial score (nSPS) is 20.3. The van der Waals surface area contributed by atoms with Gasteiger partial charge in [-0.3, -0.25) is 9.78 Å². The van der Waals surface area contributed by atoms with Crippen LogP contribution in [0.3, 0.4) is 0 Å². The zero-order chi connectivity index (χ0) is 23.0. The molecule has 32 heavy (non-hydrogen) atoms. The molecule has 1 aliphatic rings. The minimum atomic E-state index is -2.72. The third kappa shape index (κ3) is 3.57. The highest BCUT2D eigenvalue weighted by molar-refractivity contribution is 6.01. The van der Waals surface area contributed by atoms with Crippen LogP contribution in [-0.2, 0) is 12.1 Å². The summed E-state index contributed by atoms with van der Waals surface area (Å²) in [6, 6.07) is 9.12. The first-order valence-electron chi connectivity index (χ1n) is 10.0. The van der Waals surface area contributed by atoms with Crippen molar-refractivity contribution >= 4 is 5.84 Å². The first-order valence-corrected chi connectivity index (χ1v) is 10.0. The van der Waals surface area contributed by atoms with E-state index in [9.17, 15) is 22.4 Å². The minimum absolute atomic E-state index is 0.272. The largest absolute Gasteiger partial charge is 0.364 e. The van der Waals surface area contributed by atoms with E-state index in [2.05, 4.69) is 10.3 Å². The highest BCUT2D eigenvalue weighted by atomic mass is 19.3. The molecule has 9 heteroatoms. The lowest BCUT2D eigenvalue weighted by molar-refractivity contribution is 0.146. The van der Waals surface area contributed by atoms with Gasteiger partial charge < -0.3 is 9.88 Å². The fraction of sp³-hybridized carbons (Fsp3) is 0.261. The number of hydrogen-bond donors (Lipinski definition) is 1. The van der Waals surface area contributed by atoms with Gasteiger partial charge in [0.2, 0.25) is 0 Å². The van der Waals surface area contributed by atoms with Gasteiger partial charge in [0.25, 0.3) is 12.0 Å². The molecule has 3 aromatic rings. The maximum absolute atomic E-state index is 14.2. The number of halogens is 4. The van der Waals surface area contributed by atoms with Crippen molar-refractivity contribution in [3.8, 4) is 0 Å². The molecule has 1 aliphatic heterocycles. The van der Waals surface area contributed by atoms with Gasteiger partial charge in [-0.1, -0.05) is 18.2 Å². The number of alkyl halides is 2. The second kappa shape index (κ2) is 8.22. The fourth-order valence-corrected chi connectivity index (χ4v) is 3.99. The van der Waals surface area contributed by atoms with Gasteiger partial charge in [-0.05, 0) is 43.7 Å². The van der Waals surface area contributed by atoms with Crippen molar-refractivity contribution in [3.63, 3.8) is 0 Å². The molecule has 0 bridgehead atoms. The Morgan fingerprint density at radius 3 is 2.41 bits per heavy atom. The quantitative estimate of drug-likeness (QED) is 0.602. The molecule has 0 spiro atoms. The van der Waals surface area contributed by atoms with Crippen LogP contribution in [0, 0.1) is 11.6 Å². The van der Waals surface area contributed by atoms with Crippen molar-refractivity contribution in [1.29, 1.82) is 0 Å². The second-order valence-electron chi connectivity index (χ2n) is 7.54. The highest BCUT2D eigenvalue weighted by Gasteiger charge is 2.45. The molecule has 1 N–H and O–H groups in total. The van der Waals surface area contributed by atoms with E-state index in [1.54, 1.807) is 19.1 Å². The molecule has 0 radical (unpaired) electrons. The zero-order valence-corrected chi connectivity index (χ0v) is 17.3. The smallest absolute Gasteiger partial charge is 0.286 e. The standard InChI is InChI=1S/C23H20F4N4O/c1-3-31-12-14(10-18(25)22(31)32)21-29-13(2)23(30-21,15-4-7-17(24)8-5-15)16-6-9-19(20(26)27)28-11-16/h4-13,20H,3H2,1-2H3,(H,29,30)/t13-,23-/m0/s1. The van der Waals surface area contributed by atoms with Gasteiger partial charge in [0, 0.05) is 30.1 Å². The summed E-state index contributed by atoms with van der Waals surface area (Å²) in [6.07, 6.45) is 0.105. The molecular formula is C23H20F4N4O. The average molecular weight is 444 g/mol. The third-order valence-electron chi connectivity index (χ3n) is 5.66. The molecule has 4 rings (SSSR count). The molecule has 5 nitrogen and oxygen atoms in total. The predicted octanol–water partition coefficient (Wildman–Crippen LogP) is 4.16. The summed E-state index contributed by atoms with van der Waals surface area (Å²) in [4.78, 5) is 20.6. The van der Waals surface area contributed by atoms with Crippen LogP contribution in [0.2, 0.25) is 0 Å². The van der Waals surface area contributed by atoms with Crippen LogP contribution in [0.1, 0.15) is 42.7 Å². The van der Waals surface area contributed by atoms with Crippen molar-refractivity contribution in [2.24, 2.45) is 4.99 Å². The Balaban J connectivity index is 1.92. The lowest BCUT2D eigenvalue weighted by atomic mass is 9.79. The van der Waals surface area contributed by atoms with Crippen molar-refractivity contribution < 1.29 is 17.6 Å². The number of pyridine rings is 2. The molecule has 0 aliphatic carbocycles. The van der Waals surface area contributed by atoms with Gasteiger partial charge in [-0.25, -0.2) is 22.6 Å². The third-order valence-corrected chi connectivity index (χ3v) is 5.66. The van der Waals surface area contributed by atoms with E-state index in [1.165, 1.54) is 41.2 Å². The van der Waals surface area contributed by atoms with Crippen LogP contribution in [0.5, 0.6) is 0 Å². The Kier molecular flexibility index (Phi) is 5.58. The molecule has 0 unspecified atom stereocenters. The lowest BCUT2D eigenvalue weighted by Gasteiger charge is -2.31. The van der Waals surface area contributed by atoms with E-state index in [0.717, 1.165) is 6.07 Å². The number of rotatable bonds is 5. The fourth-order valence-electron chi connectivity index (χ4n) is 3.99. The predicted molar refractivity (Wildman–Crippen MR) is 112 cm³/mol. The Morgan fingerprint density at radius 2 is 1.81 bits per heavy atom. The van der Waals surface area contributed by atoms with Crippen LogP contribution in [0.15, 0.2) is 64.6 Å². The van der Waals surface area contributed by atoms with E-state index in [-0.39, 0.29) is 12.2 Å². The molecule has 2 atom stereocenters. The average Bonchev–Trinajstić information content (AvgIpc) is 3.14. The SMILES string of the molecule is CCn1cc(C2=N[C@@](c3ccc(F)cc3)(c3ccc(C(F)F)nc3)[C@H](C)N2)cc(F)c1=O. The molecular weight excluding hydrogens is 424 g/mol. The van der Waals surface area contributed by atoms with Crippen LogP contribution in [0.4, 0.5) is 17.6 Å². The van der Waals surface area contributed by atoms with Gasteiger partial charge in [0.05, 0.1) is 6.04 Å². The van der Waals surface area contributed by atoms with Gasteiger partial charge in [0.15, 0.2) is 5.82 Å². The first-order chi connectivity index (χ1) is 15.3. The summed E-state index contributed by atoms with van der Waals surface area (Å²) in [5.74, 6) is -1.03. The Bertz CT molecular complexity index is 1220. The maximum Gasteiger partial charge on any atom is 0.286 e. The van der Waals surface area contributed by atoms with E-state index in [1.807, 2.05) is 6.92 Å². The number of aromatic nitrogens is 2. The second-order valence-corrected chi connectivity index (χ2v) is 7.54. The van der Waals surface area contributed by atoms with Crippen LogP contribution < -0.4 is 10.9 Å². The van der Waals surface area contributed by atoms with Crippen LogP contribution in [0.25, 0.3) is 0 Å². The Morgan fingerprint density at radius 1 is 1.12 bits per heavy atom. The van der Waals surface area contributed by atoms with E-state index in [4.69, 9.17) is 4.99 Å². The van der Waals surface area contributed by atoms with E-state index >= 15 is 0 Å². The Labute approximate surface area is 181 Å². The molecule has 0 amide bonds. The number of amidine groups is 1. The number of benzene rings is 1. The molecule has 0 fully saturated rings. The van der Waals surface area contributed by atoms with Crippen LogP contribution in [-0.4, -0.2) is 21.4 Å². The zero-order valence-electron chi connectivity index (χ0n) is 17.3. The van der Waals surface area contributed by atoms with Gasteiger partial charge >= 0.3 is 0 Å². The van der Waals surface area contributed by atoms with Crippen molar-refractivity contribution in [1.82, 2.24) is 14.9 Å². The topological polar surface area (TPSA) is 59.3 Å². The molecule has 1 aromatic carbocycles. The van der Waals surface area contributed by atoms with Gasteiger partial charge in [-0.2, -0.15) is 0 Å². The van der Waals surface area contributed by atoms with Crippen molar-refractivity contribution in [2.75, 3.05) is 0 Å². The van der Waals surface area contributed by atoms with Crippen molar-refractivity contribution in [2.45, 2.75) is 38.4 Å². The lowest BCUT2D eigenvalue weighted by Crippen LogP contribution is -2.41. The molecule has 0 saturated heterocycles. The number of hydrogen-bond acceptors (Lipinski definition) is 4. The van der Waals surface area contributed by atoms with Crippen molar-refractivity contribution in [3.05, 3.63) is 99.2 Å². The molecule has 166 valence electrons.